The summed E-state index contributed by atoms with van der Waals surface area (Å²) in [6.45, 7) is 9.32. The summed E-state index contributed by atoms with van der Waals surface area (Å²) in [5.41, 5.74) is 7.14. The van der Waals surface area contributed by atoms with Crippen LogP contribution < -0.4 is 9.64 Å². The van der Waals surface area contributed by atoms with E-state index < -0.39 is 5.60 Å². The summed E-state index contributed by atoms with van der Waals surface area (Å²) in [5.74, 6) is 0.342. The molecule has 7 rings (SSSR count). The number of hydrogen-bond donors (Lipinski definition) is 0. The van der Waals surface area contributed by atoms with Crippen LogP contribution in [0.5, 0.6) is 5.75 Å². The van der Waals surface area contributed by atoms with Crippen molar-refractivity contribution in [2.24, 2.45) is 0 Å². The molecule has 1 aromatic heterocycles. The first kappa shape index (κ1) is 29.4. The highest BCUT2D eigenvalue weighted by molar-refractivity contribution is 6.01. The van der Waals surface area contributed by atoms with Crippen LogP contribution in [0.15, 0.2) is 127 Å². The van der Waals surface area contributed by atoms with Gasteiger partial charge in [-0.05, 0) is 56.2 Å². The van der Waals surface area contributed by atoms with Crippen molar-refractivity contribution in [1.82, 2.24) is 4.57 Å². The molecular weight excluding hydrogens is 568 g/mol. The number of fused-ring (bicyclic) bond motifs is 2. The summed E-state index contributed by atoms with van der Waals surface area (Å²) in [7, 11) is 0. The Labute approximate surface area is 270 Å². The summed E-state index contributed by atoms with van der Waals surface area (Å²) in [6.07, 6.45) is 0. The molecule has 0 radical (unpaired) electrons. The minimum Gasteiger partial charge on any atom is -0.488 e. The van der Waals surface area contributed by atoms with Crippen molar-refractivity contribution in [2.45, 2.75) is 39.5 Å². The SMILES string of the molecule is CCN(CC)c1ccc(C2(c3c(-c4ccccc4)n(CC)c4ccccc34)OC(=O)c3ccccc32)c(OCc2ccccc2)c1. The Bertz CT molecular complexity index is 2010. The fourth-order valence-electron chi connectivity index (χ4n) is 7.06. The van der Waals surface area contributed by atoms with Crippen LogP contribution in [0.4, 0.5) is 5.69 Å². The van der Waals surface area contributed by atoms with Crippen LogP contribution in [0.3, 0.4) is 0 Å². The van der Waals surface area contributed by atoms with Gasteiger partial charge in [0.15, 0.2) is 5.60 Å². The Morgan fingerprint density at radius 2 is 1.41 bits per heavy atom. The highest BCUT2D eigenvalue weighted by atomic mass is 16.6. The molecule has 1 aliphatic rings. The van der Waals surface area contributed by atoms with Crippen molar-refractivity contribution < 1.29 is 14.3 Å². The molecule has 0 saturated carbocycles. The minimum absolute atomic E-state index is 0.343. The topological polar surface area (TPSA) is 43.7 Å². The smallest absolute Gasteiger partial charge is 0.340 e. The van der Waals surface area contributed by atoms with E-state index in [-0.39, 0.29) is 5.97 Å². The number of benzene rings is 5. The summed E-state index contributed by atoms with van der Waals surface area (Å²) in [5, 5.41) is 1.04. The third-order valence-electron chi connectivity index (χ3n) is 9.17. The molecule has 0 fully saturated rings. The van der Waals surface area contributed by atoms with Crippen LogP contribution in [0.1, 0.15) is 53.4 Å². The number of anilines is 1. The van der Waals surface area contributed by atoms with Crippen LogP contribution in [-0.2, 0) is 23.5 Å². The summed E-state index contributed by atoms with van der Waals surface area (Å²) < 4.78 is 15.9. The van der Waals surface area contributed by atoms with Crippen LogP contribution in [0.25, 0.3) is 22.2 Å². The van der Waals surface area contributed by atoms with E-state index >= 15 is 0 Å². The minimum atomic E-state index is -1.27. The number of hydrogen-bond acceptors (Lipinski definition) is 4. The number of aromatic nitrogens is 1. The summed E-state index contributed by atoms with van der Waals surface area (Å²) in [4.78, 5) is 16.3. The average Bonchev–Trinajstić information content (AvgIpc) is 3.61. The van der Waals surface area contributed by atoms with Gasteiger partial charge in [0.2, 0.25) is 0 Å². The molecule has 0 N–H and O–H groups in total. The molecule has 0 spiro atoms. The molecule has 1 aliphatic heterocycles. The summed E-state index contributed by atoms with van der Waals surface area (Å²) in [6, 6.07) is 43.2. The monoisotopic (exact) mass is 606 g/mol. The molecule has 5 aromatic carbocycles. The second-order valence-electron chi connectivity index (χ2n) is 11.6. The van der Waals surface area contributed by atoms with Crippen molar-refractivity contribution in [1.29, 1.82) is 0 Å². The first-order chi connectivity index (χ1) is 22.6. The number of esters is 1. The average molecular weight is 607 g/mol. The second-order valence-corrected chi connectivity index (χ2v) is 11.6. The first-order valence-electron chi connectivity index (χ1n) is 16.2. The lowest BCUT2D eigenvalue weighted by Crippen LogP contribution is -2.31. The van der Waals surface area contributed by atoms with E-state index in [0.717, 1.165) is 69.7 Å². The van der Waals surface area contributed by atoms with Crippen molar-refractivity contribution in [3.63, 3.8) is 0 Å². The van der Waals surface area contributed by atoms with Crippen LogP contribution in [0.2, 0.25) is 0 Å². The Morgan fingerprint density at radius 3 is 2.15 bits per heavy atom. The van der Waals surface area contributed by atoms with E-state index in [1.165, 1.54) is 0 Å². The van der Waals surface area contributed by atoms with E-state index in [9.17, 15) is 4.79 Å². The number of rotatable bonds is 10. The van der Waals surface area contributed by atoms with E-state index in [4.69, 9.17) is 9.47 Å². The number of carbonyl (C=O) groups excluding carboxylic acids is 1. The first-order valence-corrected chi connectivity index (χ1v) is 16.2. The molecule has 5 heteroatoms. The summed E-state index contributed by atoms with van der Waals surface area (Å²) >= 11 is 0. The molecule has 0 amide bonds. The van der Waals surface area contributed by atoms with Crippen molar-refractivity contribution in [2.75, 3.05) is 18.0 Å². The fourth-order valence-corrected chi connectivity index (χ4v) is 7.06. The lowest BCUT2D eigenvalue weighted by molar-refractivity contribution is 0.0248. The second kappa shape index (κ2) is 12.2. The molecular formula is C41H38N2O3. The number of nitrogens with zero attached hydrogens (tertiary/aromatic N) is 2. The van der Waals surface area contributed by atoms with Crippen molar-refractivity contribution in [3.8, 4) is 17.0 Å². The van der Waals surface area contributed by atoms with Crippen LogP contribution in [-0.4, -0.2) is 23.6 Å². The van der Waals surface area contributed by atoms with Crippen LogP contribution >= 0.6 is 0 Å². The highest BCUT2D eigenvalue weighted by Gasteiger charge is 2.53. The van der Waals surface area contributed by atoms with Crippen molar-refractivity contribution >= 4 is 22.6 Å². The van der Waals surface area contributed by atoms with Gasteiger partial charge in [0, 0.05) is 59.0 Å². The maximum atomic E-state index is 14.0. The van der Waals surface area contributed by atoms with Gasteiger partial charge in [0.1, 0.15) is 12.4 Å². The standard InChI is InChI=1S/C41H38N2O3/c1-4-42(5-2)31-25-26-35(37(27-31)45-28-29-17-9-7-10-18-29)41(34-23-15-13-21-32(34)40(44)46-41)38-33-22-14-16-24-36(33)43(6-3)39(38)30-19-11-8-12-20-30/h7-27H,4-6,28H2,1-3H3. The van der Waals surface area contributed by atoms with E-state index in [1.54, 1.807) is 0 Å². The maximum absolute atomic E-state index is 14.0. The quantitative estimate of drug-likeness (QED) is 0.146. The van der Waals surface area contributed by atoms with Gasteiger partial charge in [-0.1, -0.05) is 97.1 Å². The number of aryl methyl sites for hydroxylation is 1. The third-order valence-corrected chi connectivity index (χ3v) is 9.17. The Morgan fingerprint density at radius 1 is 0.739 bits per heavy atom. The van der Waals surface area contributed by atoms with Gasteiger partial charge in [-0.2, -0.15) is 0 Å². The molecule has 0 aliphatic carbocycles. The molecule has 1 atom stereocenters. The van der Waals surface area contributed by atoms with Gasteiger partial charge in [-0.3, -0.25) is 0 Å². The van der Waals surface area contributed by atoms with Gasteiger partial charge in [0.05, 0.1) is 11.3 Å². The molecule has 2 heterocycles. The number of ether oxygens (including phenoxy) is 2. The van der Waals surface area contributed by atoms with E-state index in [0.29, 0.717) is 17.9 Å². The Hall–Kier alpha value is -5.29. The number of para-hydroxylation sites is 1. The van der Waals surface area contributed by atoms with Gasteiger partial charge >= 0.3 is 5.97 Å². The maximum Gasteiger partial charge on any atom is 0.340 e. The molecule has 5 nitrogen and oxygen atoms in total. The lowest BCUT2D eigenvalue weighted by atomic mass is 9.77. The van der Waals surface area contributed by atoms with Gasteiger partial charge in [0.25, 0.3) is 0 Å². The predicted molar refractivity (Wildman–Crippen MR) is 186 cm³/mol. The molecule has 0 saturated heterocycles. The van der Waals surface area contributed by atoms with Gasteiger partial charge in [-0.25, -0.2) is 4.79 Å². The fraction of sp³-hybridized carbons (Fsp3) is 0.195. The van der Waals surface area contributed by atoms with Gasteiger partial charge < -0.3 is 18.9 Å². The predicted octanol–water partition coefficient (Wildman–Crippen LogP) is 9.22. The Kier molecular flexibility index (Phi) is 7.83. The molecule has 46 heavy (non-hydrogen) atoms. The largest absolute Gasteiger partial charge is 0.488 e. The zero-order valence-electron chi connectivity index (χ0n) is 26.6. The zero-order chi connectivity index (χ0) is 31.7. The lowest BCUT2D eigenvalue weighted by Gasteiger charge is -2.33. The van der Waals surface area contributed by atoms with E-state index in [1.807, 2.05) is 48.5 Å². The number of cyclic esters (lactones) is 1. The van der Waals surface area contributed by atoms with E-state index in [2.05, 4.69) is 109 Å². The molecule has 6 aromatic rings. The molecule has 1 unspecified atom stereocenters. The van der Waals surface area contributed by atoms with Crippen LogP contribution in [0, 0.1) is 0 Å². The zero-order valence-corrected chi connectivity index (χ0v) is 26.6. The number of carbonyl (C=O) groups is 1. The molecule has 0 bridgehead atoms. The third kappa shape index (κ3) is 4.74. The Balaban J connectivity index is 1.59. The van der Waals surface area contributed by atoms with Gasteiger partial charge in [-0.15, -0.1) is 0 Å². The normalized spacial score (nSPS) is 15.5. The highest BCUT2D eigenvalue weighted by Crippen LogP contribution is 2.55. The van der Waals surface area contributed by atoms with Crippen molar-refractivity contribution in [3.05, 3.63) is 155 Å². The molecule has 230 valence electrons.